The lowest BCUT2D eigenvalue weighted by Crippen LogP contribution is -2.33. The molecule has 1 heterocycles. The molecule has 1 saturated heterocycles. The molecule has 120 valence electrons. The number of carbonyl (C=O) groups excluding carboxylic acids is 2. The van der Waals surface area contributed by atoms with Crippen molar-refractivity contribution in [3.8, 4) is 0 Å². The van der Waals surface area contributed by atoms with Crippen LogP contribution in [0.25, 0.3) is 0 Å². The molecule has 1 aliphatic rings. The van der Waals surface area contributed by atoms with Gasteiger partial charge in [0, 0.05) is 6.54 Å². The zero-order chi connectivity index (χ0) is 16.8. The molecule has 6 nitrogen and oxygen atoms in total. The molecule has 0 spiro atoms. The quantitative estimate of drug-likeness (QED) is 0.255. The van der Waals surface area contributed by atoms with Crippen molar-refractivity contribution < 1.29 is 14.4 Å². The van der Waals surface area contributed by atoms with E-state index in [2.05, 4.69) is 18.3 Å². The molecule has 1 fully saturated rings. The third-order valence-electron chi connectivity index (χ3n) is 3.32. The van der Waals surface area contributed by atoms with Crippen LogP contribution in [0, 0.1) is 0 Å². The van der Waals surface area contributed by atoms with Gasteiger partial charge in [-0.05, 0) is 24.6 Å². The van der Waals surface area contributed by atoms with Crippen LogP contribution in [0.5, 0.6) is 0 Å². The summed E-state index contributed by atoms with van der Waals surface area (Å²) < 4.78 is 0. The number of urea groups is 1. The number of carbonyl (C=O) groups is 2. The number of oxime groups is 1. The van der Waals surface area contributed by atoms with Gasteiger partial charge in [0.1, 0.15) is 13.2 Å². The maximum atomic E-state index is 12.2. The smallest absolute Gasteiger partial charge is 0.332 e. The predicted octanol–water partition coefficient (Wildman–Crippen LogP) is 2.57. The Morgan fingerprint density at radius 1 is 1.26 bits per heavy atom. The molecule has 0 unspecified atom stereocenters. The minimum Gasteiger partial charge on any atom is -0.391 e. The van der Waals surface area contributed by atoms with E-state index in [-0.39, 0.29) is 18.5 Å². The van der Waals surface area contributed by atoms with E-state index in [1.165, 1.54) is 9.80 Å². The Bertz CT molecular complexity index is 650. The fraction of sp³-hybridized carbons (Fsp3) is 0.235. The van der Waals surface area contributed by atoms with E-state index < -0.39 is 0 Å². The first-order chi connectivity index (χ1) is 11.1. The lowest BCUT2D eigenvalue weighted by molar-refractivity contribution is -0.116. The number of anilines is 1. The summed E-state index contributed by atoms with van der Waals surface area (Å²) >= 11 is 0. The molecule has 0 aromatic heterocycles. The molecule has 23 heavy (non-hydrogen) atoms. The first-order valence-corrected chi connectivity index (χ1v) is 7.19. The summed E-state index contributed by atoms with van der Waals surface area (Å²) in [7, 11) is 0. The van der Waals surface area contributed by atoms with Crippen LogP contribution in [0.15, 0.2) is 54.7 Å². The standard InChI is InChI=1S/C17H19N3O3/c1-4-10-19-12-16(21)20(17(19)22)15-8-6-14(7-9-15)13(3)18-23-11-5-2/h4-9H,1-2,10-12H2,3H3. The van der Waals surface area contributed by atoms with Crippen molar-refractivity contribution in [2.45, 2.75) is 6.92 Å². The summed E-state index contributed by atoms with van der Waals surface area (Å²) in [6, 6.07) is 6.69. The molecule has 0 bridgehead atoms. The summed E-state index contributed by atoms with van der Waals surface area (Å²) in [6.07, 6.45) is 3.21. The monoisotopic (exact) mass is 313 g/mol. The minimum absolute atomic E-state index is 0.0719. The second kappa shape index (κ2) is 7.40. The van der Waals surface area contributed by atoms with E-state index >= 15 is 0 Å². The molecule has 1 aliphatic heterocycles. The SMILES string of the molecule is C=CCON=C(C)c1ccc(N2C(=O)CN(CC=C)C2=O)cc1. The molecule has 1 aromatic rings. The van der Waals surface area contributed by atoms with E-state index in [4.69, 9.17) is 4.84 Å². The van der Waals surface area contributed by atoms with Gasteiger partial charge < -0.3 is 9.74 Å². The van der Waals surface area contributed by atoms with Crippen LogP contribution in [-0.4, -0.2) is 42.2 Å². The Kier molecular flexibility index (Phi) is 5.30. The molecule has 2 rings (SSSR count). The van der Waals surface area contributed by atoms with Crippen LogP contribution >= 0.6 is 0 Å². The van der Waals surface area contributed by atoms with Crippen molar-refractivity contribution >= 4 is 23.3 Å². The Morgan fingerprint density at radius 2 is 1.96 bits per heavy atom. The summed E-state index contributed by atoms with van der Waals surface area (Å²) in [5.41, 5.74) is 2.08. The maximum absolute atomic E-state index is 12.2. The fourth-order valence-electron chi connectivity index (χ4n) is 2.19. The maximum Gasteiger partial charge on any atom is 0.332 e. The highest BCUT2D eigenvalue weighted by atomic mass is 16.6. The van der Waals surface area contributed by atoms with Crippen molar-refractivity contribution in [1.29, 1.82) is 0 Å². The summed E-state index contributed by atoms with van der Waals surface area (Å²) in [5, 5.41) is 3.96. The van der Waals surface area contributed by atoms with Gasteiger partial charge in [-0.3, -0.25) is 4.79 Å². The second-order valence-corrected chi connectivity index (χ2v) is 4.99. The molecule has 6 heteroatoms. The van der Waals surface area contributed by atoms with Crippen molar-refractivity contribution in [2.75, 3.05) is 24.6 Å². The van der Waals surface area contributed by atoms with Gasteiger partial charge in [0.05, 0.1) is 11.4 Å². The number of imide groups is 1. The van der Waals surface area contributed by atoms with Gasteiger partial charge in [-0.1, -0.05) is 36.0 Å². The highest BCUT2D eigenvalue weighted by Crippen LogP contribution is 2.22. The molecule has 0 radical (unpaired) electrons. The third kappa shape index (κ3) is 3.66. The van der Waals surface area contributed by atoms with Crippen LogP contribution in [0.3, 0.4) is 0 Å². The average molecular weight is 313 g/mol. The van der Waals surface area contributed by atoms with Crippen molar-refractivity contribution in [2.24, 2.45) is 5.16 Å². The number of hydrogen-bond donors (Lipinski definition) is 0. The van der Waals surface area contributed by atoms with Gasteiger partial charge in [0.2, 0.25) is 0 Å². The zero-order valence-electron chi connectivity index (χ0n) is 13.1. The minimum atomic E-state index is -0.331. The van der Waals surface area contributed by atoms with Gasteiger partial charge in [0.15, 0.2) is 0 Å². The number of amides is 3. The fourth-order valence-corrected chi connectivity index (χ4v) is 2.19. The third-order valence-corrected chi connectivity index (χ3v) is 3.32. The first-order valence-electron chi connectivity index (χ1n) is 7.19. The van der Waals surface area contributed by atoms with Crippen molar-refractivity contribution in [3.63, 3.8) is 0 Å². The second-order valence-electron chi connectivity index (χ2n) is 4.99. The first kappa shape index (κ1) is 16.5. The number of hydrogen-bond acceptors (Lipinski definition) is 4. The molecule has 0 aliphatic carbocycles. The Hall–Kier alpha value is -2.89. The zero-order valence-corrected chi connectivity index (χ0v) is 13.1. The molecule has 0 atom stereocenters. The molecule has 0 saturated carbocycles. The van der Waals surface area contributed by atoms with Crippen LogP contribution in [0.1, 0.15) is 12.5 Å². The summed E-state index contributed by atoms with van der Waals surface area (Å²) in [5.74, 6) is -0.246. The van der Waals surface area contributed by atoms with E-state index in [0.29, 0.717) is 24.6 Å². The van der Waals surface area contributed by atoms with Gasteiger partial charge >= 0.3 is 6.03 Å². The van der Waals surface area contributed by atoms with Crippen LogP contribution in [0.4, 0.5) is 10.5 Å². The van der Waals surface area contributed by atoms with E-state index in [0.717, 1.165) is 5.56 Å². The van der Waals surface area contributed by atoms with E-state index in [1.807, 2.05) is 6.92 Å². The lowest BCUT2D eigenvalue weighted by atomic mass is 10.1. The van der Waals surface area contributed by atoms with E-state index in [1.54, 1.807) is 36.4 Å². The molecule has 1 aromatic carbocycles. The lowest BCUT2D eigenvalue weighted by Gasteiger charge is -2.16. The van der Waals surface area contributed by atoms with Crippen molar-refractivity contribution in [3.05, 3.63) is 55.1 Å². The Morgan fingerprint density at radius 3 is 2.57 bits per heavy atom. The highest BCUT2D eigenvalue weighted by molar-refractivity contribution is 6.19. The van der Waals surface area contributed by atoms with Crippen LogP contribution in [-0.2, 0) is 9.63 Å². The van der Waals surface area contributed by atoms with Gasteiger partial charge in [-0.25, -0.2) is 9.69 Å². The molecule has 3 amide bonds. The Balaban J connectivity index is 2.15. The highest BCUT2D eigenvalue weighted by Gasteiger charge is 2.36. The molecular formula is C17H19N3O3. The van der Waals surface area contributed by atoms with Crippen LogP contribution in [0.2, 0.25) is 0 Å². The topological polar surface area (TPSA) is 62.2 Å². The Labute approximate surface area is 135 Å². The van der Waals surface area contributed by atoms with Gasteiger partial charge in [0.25, 0.3) is 5.91 Å². The number of rotatable bonds is 7. The summed E-state index contributed by atoms with van der Waals surface area (Å²) in [6.45, 7) is 9.71. The average Bonchev–Trinajstić information content (AvgIpc) is 2.82. The van der Waals surface area contributed by atoms with Crippen LogP contribution < -0.4 is 4.90 Å². The normalized spacial score (nSPS) is 15.1. The van der Waals surface area contributed by atoms with Crippen molar-refractivity contribution in [1.82, 2.24) is 4.90 Å². The number of nitrogens with zero attached hydrogens (tertiary/aromatic N) is 3. The summed E-state index contributed by atoms with van der Waals surface area (Å²) in [4.78, 5) is 31.9. The van der Waals surface area contributed by atoms with Gasteiger partial charge in [-0.2, -0.15) is 0 Å². The number of benzene rings is 1. The van der Waals surface area contributed by atoms with Gasteiger partial charge in [-0.15, -0.1) is 6.58 Å². The largest absolute Gasteiger partial charge is 0.391 e. The van der Waals surface area contributed by atoms with E-state index in [9.17, 15) is 9.59 Å². The molecular weight excluding hydrogens is 294 g/mol. The molecule has 0 N–H and O–H groups in total. The predicted molar refractivity (Wildman–Crippen MR) is 89.5 cm³/mol.